The molecule has 0 spiro atoms. The lowest BCUT2D eigenvalue weighted by atomic mass is 9.49. The minimum Gasteiger partial charge on any atom is -0.393 e. The highest BCUT2D eigenvalue weighted by molar-refractivity contribution is 5.42. The van der Waals surface area contributed by atoms with Crippen molar-refractivity contribution in [2.75, 3.05) is 0 Å². The third kappa shape index (κ3) is 2.23. The second kappa shape index (κ2) is 4.82. The maximum Gasteiger partial charge on any atom is 0.0840 e. The Labute approximate surface area is 134 Å². The van der Waals surface area contributed by atoms with Gasteiger partial charge in [0, 0.05) is 0 Å². The quantitative estimate of drug-likeness (QED) is 0.825. The average molecular weight is 302 g/mol. The van der Waals surface area contributed by atoms with Crippen molar-refractivity contribution in [3.8, 4) is 0 Å². The maximum absolute atomic E-state index is 10.5. The van der Waals surface area contributed by atoms with Crippen LogP contribution in [-0.4, -0.2) is 16.3 Å². The Morgan fingerprint density at radius 1 is 1.14 bits per heavy atom. The van der Waals surface area contributed by atoms with Crippen molar-refractivity contribution >= 4 is 0 Å². The van der Waals surface area contributed by atoms with Gasteiger partial charge in [-0.25, -0.2) is 0 Å². The Hall–Kier alpha value is -0.860. The molecule has 1 aromatic carbocycles. The minimum absolute atomic E-state index is 0.0282. The molecule has 2 N–H and O–H groups in total. The van der Waals surface area contributed by atoms with Crippen molar-refractivity contribution < 1.29 is 10.2 Å². The van der Waals surface area contributed by atoms with Gasteiger partial charge in [-0.15, -0.1) is 0 Å². The summed E-state index contributed by atoms with van der Waals surface area (Å²) in [6.07, 6.45) is 3.92. The standard InChI is InChI=1S/C20H30O2/c1-18(2)16-9-6-13-12-14(19(3,4)22)7-8-15(13)20(16,5)11-10-17(18)21/h7-8,12,16-17,21-22H,6,9-11H2,1-5H3/t16?,17-,20+/m1/s1. The topological polar surface area (TPSA) is 40.5 Å². The van der Waals surface area contributed by atoms with Gasteiger partial charge in [0.05, 0.1) is 11.7 Å². The van der Waals surface area contributed by atoms with Gasteiger partial charge in [0.1, 0.15) is 0 Å². The van der Waals surface area contributed by atoms with Crippen LogP contribution in [-0.2, 0) is 17.4 Å². The normalized spacial score (nSPS) is 34.0. The molecule has 2 aliphatic rings. The molecule has 0 amide bonds. The van der Waals surface area contributed by atoms with Crippen LogP contribution in [0, 0.1) is 11.3 Å². The zero-order chi connectivity index (χ0) is 16.3. The largest absolute Gasteiger partial charge is 0.393 e. The van der Waals surface area contributed by atoms with Crippen molar-refractivity contribution in [1.82, 2.24) is 0 Å². The van der Waals surface area contributed by atoms with E-state index in [-0.39, 0.29) is 16.9 Å². The highest BCUT2D eigenvalue weighted by atomic mass is 16.3. The third-order valence-corrected chi connectivity index (χ3v) is 6.59. The molecule has 3 atom stereocenters. The van der Waals surface area contributed by atoms with Crippen LogP contribution in [0.5, 0.6) is 0 Å². The van der Waals surface area contributed by atoms with E-state index in [1.807, 2.05) is 13.8 Å². The highest BCUT2D eigenvalue weighted by Crippen LogP contribution is 2.57. The summed E-state index contributed by atoms with van der Waals surface area (Å²) < 4.78 is 0. The molecule has 1 fully saturated rings. The van der Waals surface area contributed by atoms with Gasteiger partial charge >= 0.3 is 0 Å². The van der Waals surface area contributed by atoms with Crippen LogP contribution in [0.25, 0.3) is 0 Å². The molecule has 0 saturated heterocycles. The number of aliphatic hydroxyl groups excluding tert-OH is 1. The van der Waals surface area contributed by atoms with Crippen molar-refractivity contribution in [3.05, 3.63) is 34.9 Å². The minimum atomic E-state index is -0.783. The first-order valence-electron chi connectivity index (χ1n) is 8.61. The summed E-state index contributed by atoms with van der Waals surface area (Å²) in [5.74, 6) is 0.518. The third-order valence-electron chi connectivity index (χ3n) is 6.59. The van der Waals surface area contributed by atoms with Crippen molar-refractivity contribution in [2.45, 2.75) is 77.4 Å². The number of rotatable bonds is 1. The van der Waals surface area contributed by atoms with Gasteiger partial charge in [0.15, 0.2) is 0 Å². The molecule has 1 aromatic rings. The van der Waals surface area contributed by atoms with Crippen LogP contribution in [0.1, 0.15) is 70.6 Å². The average Bonchev–Trinajstić information content (AvgIpc) is 2.42. The molecule has 3 rings (SSSR count). The number of aliphatic hydroxyl groups is 2. The Balaban J connectivity index is 2.07. The Morgan fingerprint density at radius 2 is 1.82 bits per heavy atom. The first-order chi connectivity index (χ1) is 10.1. The number of benzene rings is 1. The summed E-state index contributed by atoms with van der Waals surface area (Å²) in [5, 5.41) is 20.7. The van der Waals surface area contributed by atoms with Crippen LogP contribution in [0.3, 0.4) is 0 Å². The molecule has 0 aromatic heterocycles. The lowest BCUT2D eigenvalue weighted by Gasteiger charge is -2.56. The van der Waals surface area contributed by atoms with E-state index in [0.717, 1.165) is 31.2 Å². The van der Waals surface area contributed by atoms with Crippen LogP contribution in [0.15, 0.2) is 18.2 Å². The van der Waals surface area contributed by atoms with Gasteiger partial charge in [-0.1, -0.05) is 39.0 Å². The number of hydrogen-bond donors (Lipinski definition) is 2. The van der Waals surface area contributed by atoms with Gasteiger partial charge in [-0.2, -0.15) is 0 Å². The Bertz CT molecular complexity index is 582. The predicted octanol–water partition coefficient (Wildman–Crippen LogP) is 3.92. The molecule has 2 heteroatoms. The van der Waals surface area contributed by atoms with Gasteiger partial charge in [-0.05, 0) is 73.0 Å². The van der Waals surface area contributed by atoms with Crippen LogP contribution >= 0.6 is 0 Å². The molecule has 2 aliphatic carbocycles. The first-order valence-corrected chi connectivity index (χ1v) is 8.61. The van der Waals surface area contributed by atoms with Gasteiger partial charge in [0.2, 0.25) is 0 Å². The van der Waals surface area contributed by atoms with Crippen molar-refractivity contribution in [2.24, 2.45) is 11.3 Å². The molecular weight excluding hydrogens is 272 g/mol. The smallest absolute Gasteiger partial charge is 0.0840 e. The van der Waals surface area contributed by atoms with Crippen molar-refractivity contribution in [3.63, 3.8) is 0 Å². The predicted molar refractivity (Wildman–Crippen MR) is 89.9 cm³/mol. The summed E-state index contributed by atoms with van der Waals surface area (Å²) in [5.41, 5.74) is 3.17. The van der Waals surface area contributed by atoms with Crippen LogP contribution < -0.4 is 0 Å². The second-order valence-electron chi connectivity index (χ2n) is 8.82. The Kier molecular flexibility index (Phi) is 3.51. The zero-order valence-electron chi connectivity index (χ0n) is 14.6. The Morgan fingerprint density at radius 3 is 2.45 bits per heavy atom. The van der Waals surface area contributed by atoms with Gasteiger partial charge in [0.25, 0.3) is 0 Å². The molecule has 122 valence electrons. The van der Waals surface area contributed by atoms with Crippen LogP contribution in [0.4, 0.5) is 0 Å². The van der Waals surface area contributed by atoms with E-state index >= 15 is 0 Å². The highest BCUT2D eigenvalue weighted by Gasteiger charge is 2.53. The molecule has 0 radical (unpaired) electrons. The lowest BCUT2D eigenvalue weighted by Crippen LogP contribution is -2.53. The first kappa shape index (κ1) is 16.0. The van der Waals surface area contributed by atoms with E-state index in [2.05, 4.69) is 39.0 Å². The molecule has 1 unspecified atom stereocenters. The van der Waals surface area contributed by atoms with E-state index in [9.17, 15) is 10.2 Å². The van der Waals surface area contributed by atoms with Crippen molar-refractivity contribution in [1.29, 1.82) is 0 Å². The van der Waals surface area contributed by atoms with E-state index in [0.29, 0.717) is 5.92 Å². The van der Waals surface area contributed by atoms with Gasteiger partial charge in [-0.3, -0.25) is 0 Å². The summed E-state index contributed by atoms with van der Waals surface area (Å²) in [6, 6.07) is 6.53. The molecule has 22 heavy (non-hydrogen) atoms. The number of aryl methyl sites for hydroxylation is 1. The fraction of sp³-hybridized carbons (Fsp3) is 0.700. The van der Waals surface area contributed by atoms with E-state index in [1.165, 1.54) is 11.1 Å². The lowest BCUT2D eigenvalue weighted by molar-refractivity contribution is -0.0731. The summed E-state index contributed by atoms with van der Waals surface area (Å²) >= 11 is 0. The van der Waals surface area contributed by atoms with Gasteiger partial charge < -0.3 is 10.2 Å². The van der Waals surface area contributed by atoms with E-state index in [1.54, 1.807) is 0 Å². The zero-order valence-corrected chi connectivity index (χ0v) is 14.6. The molecule has 2 nitrogen and oxygen atoms in total. The molecule has 0 heterocycles. The summed E-state index contributed by atoms with van der Waals surface area (Å²) in [6.45, 7) is 10.5. The summed E-state index contributed by atoms with van der Waals surface area (Å²) in [7, 11) is 0. The van der Waals surface area contributed by atoms with E-state index in [4.69, 9.17) is 0 Å². The molecule has 1 saturated carbocycles. The molecule has 0 aliphatic heterocycles. The fourth-order valence-electron chi connectivity index (χ4n) is 5.09. The number of fused-ring (bicyclic) bond motifs is 3. The van der Waals surface area contributed by atoms with E-state index < -0.39 is 5.60 Å². The SMILES string of the molecule is CC(C)(O)c1ccc2c(c1)CCC1C(C)(C)[C@H](O)CC[C@@]21C. The molecular formula is C20H30O2. The molecule has 0 bridgehead atoms. The number of hydrogen-bond acceptors (Lipinski definition) is 2. The maximum atomic E-state index is 10.5. The summed E-state index contributed by atoms with van der Waals surface area (Å²) in [4.78, 5) is 0. The second-order valence-corrected chi connectivity index (χ2v) is 8.82. The van der Waals surface area contributed by atoms with Crippen LogP contribution in [0.2, 0.25) is 0 Å². The monoisotopic (exact) mass is 302 g/mol. The fourth-order valence-corrected chi connectivity index (χ4v) is 5.09.